The van der Waals surface area contributed by atoms with Gasteiger partial charge in [0, 0.05) is 37.1 Å². The Bertz CT molecular complexity index is 983. The van der Waals surface area contributed by atoms with Gasteiger partial charge in [0.25, 0.3) is 5.91 Å². The topological polar surface area (TPSA) is 104 Å². The SMILES string of the molecule is Cc1cc(C(=O)NNC(=O)CCCN2C(=O)CN(C)C2=O)c(C)n1-c1ccccc1. The van der Waals surface area contributed by atoms with Crippen molar-refractivity contribution < 1.29 is 19.2 Å². The number of rotatable bonds is 6. The number of aromatic nitrogens is 1. The van der Waals surface area contributed by atoms with E-state index in [0.717, 1.165) is 22.0 Å². The van der Waals surface area contributed by atoms with E-state index in [1.165, 1.54) is 4.90 Å². The third-order valence-electron chi connectivity index (χ3n) is 5.02. The Hall–Kier alpha value is -3.62. The van der Waals surface area contributed by atoms with E-state index >= 15 is 0 Å². The molecule has 1 aromatic heterocycles. The summed E-state index contributed by atoms with van der Waals surface area (Å²) in [6.07, 6.45) is 0.389. The number of hydrazine groups is 1. The number of para-hydroxylation sites is 1. The molecule has 2 aromatic rings. The molecular formula is C21H25N5O4. The lowest BCUT2D eigenvalue weighted by Crippen LogP contribution is -2.42. The van der Waals surface area contributed by atoms with Gasteiger partial charge in [0.2, 0.25) is 11.8 Å². The number of benzene rings is 1. The van der Waals surface area contributed by atoms with Crippen LogP contribution in [0.3, 0.4) is 0 Å². The number of carbonyl (C=O) groups excluding carboxylic acids is 4. The molecular weight excluding hydrogens is 386 g/mol. The van der Waals surface area contributed by atoms with Crippen molar-refractivity contribution in [2.24, 2.45) is 0 Å². The summed E-state index contributed by atoms with van der Waals surface area (Å²) in [5, 5.41) is 0. The van der Waals surface area contributed by atoms with E-state index in [9.17, 15) is 19.2 Å². The smallest absolute Gasteiger partial charge is 0.318 e. The van der Waals surface area contributed by atoms with E-state index in [1.54, 1.807) is 13.1 Å². The van der Waals surface area contributed by atoms with Gasteiger partial charge >= 0.3 is 6.03 Å². The second kappa shape index (κ2) is 8.81. The maximum absolute atomic E-state index is 12.5. The number of likely N-dealkylation sites (N-methyl/N-ethyl adjacent to an activating group) is 1. The zero-order chi connectivity index (χ0) is 21.8. The molecule has 158 valence electrons. The number of hydrogen-bond donors (Lipinski definition) is 2. The van der Waals surface area contributed by atoms with E-state index in [-0.39, 0.29) is 31.4 Å². The molecule has 3 rings (SSSR count). The van der Waals surface area contributed by atoms with E-state index in [1.807, 2.05) is 48.7 Å². The lowest BCUT2D eigenvalue weighted by Gasteiger charge is -2.14. The van der Waals surface area contributed by atoms with Crippen molar-refractivity contribution in [3.63, 3.8) is 0 Å². The van der Waals surface area contributed by atoms with Gasteiger partial charge in [-0.15, -0.1) is 0 Å². The zero-order valence-corrected chi connectivity index (χ0v) is 17.3. The molecule has 1 fully saturated rings. The highest BCUT2D eigenvalue weighted by Crippen LogP contribution is 2.20. The largest absolute Gasteiger partial charge is 0.326 e. The van der Waals surface area contributed by atoms with Gasteiger partial charge in [0.15, 0.2) is 0 Å². The molecule has 9 nitrogen and oxygen atoms in total. The van der Waals surface area contributed by atoms with Crippen LogP contribution >= 0.6 is 0 Å². The molecule has 2 N–H and O–H groups in total. The van der Waals surface area contributed by atoms with Gasteiger partial charge in [-0.3, -0.25) is 30.1 Å². The molecule has 1 aliphatic rings. The molecule has 0 unspecified atom stereocenters. The van der Waals surface area contributed by atoms with Gasteiger partial charge in [-0.25, -0.2) is 4.79 Å². The summed E-state index contributed by atoms with van der Waals surface area (Å²) in [5.74, 6) is -1.08. The lowest BCUT2D eigenvalue weighted by atomic mass is 10.2. The summed E-state index contributed by atoms with van der Waals surface area (Å²) < 4.78 is 1.97. The van der Waals surface area contributed by atoms with Crippen LogP contribution in [0.1, 0.15) is 34.6 Å². The summed E-state index contributed by atoms with van der Waals surface area (Å²) in [6, 6.07) is 11.1. The quantitative estimate of drug-likeness (QED) is 0.556. The van der Waals surface area contributed by atoms with Crippen molar-refractivity contribution in [2.45, 2.75) is 26.7 Å². The average Bonchev–Trinajstić information content (AvgIpc) is 3.15. The first-order valence-electron chi connectivity index (χ1n) is 9.68. The number of carbonyl (C=O) groups is 4. The van der Waals surface area contributed by atoms with Crippen molar-refractivity contribution in [2.75, 3.05) is 20.1 Å². The molecule has 2 heterocycles. The standard InChI is InChI=1S/C21H25N5O4/c1-14-12-17(15(2)26(14)16-8-5-4-6-9-16)20(29)23-22-18(27)10-7-11-25-19(28)13-24(3)21(25)30/h4-6,8-9,12H,7,10-11,13H2,1-3H3,(H,22,27)(H,23,29). The van der Waals surface area contributed by atoms with Gasteiger partial charge in [-0.05, 0) is 38.5 Å². The van der Waals surface area contributed by atoms with Crippen LogP contribution in [0, 0.1) is 13.8 Å². The van der Waals surface area contributed by atoms with Crippen molar-refractivity contribution >= 4 is 23.8 Å². The monoisotopic (exact) mass is 411 g/mol. The maximum Gasteiger partial charge on any atom is 0.326 e. The van der Waals surface area contributed by atoms with Gasteiger partial charge in [-0.2, -0.15) is 0 Å². The Balaban J connectivity index is 1.52. The summed E-state index contributed by atoms with van der Waals surface area (Å²) in [5.41, 5.74) is 7.90. The van der Waals surface area contributed by atoms with Gasteiger partial charge < -0.3 is 9.47 Å². The zero-order valence-electron chi connectivity index (χ0n) is 17.3. The fraction of sp³-hybridized carbons (Fsp3) is 0.333. The molecule has 0 saturated carbocycles. The molecule has 30 heavy (non-hydrogen) atoms. The summed E-state index contributed by atoms with van der Waals surface area (Å²) in [4.78, 5) is 50.5. The summed E-state index contributed by atoms with van der Waals surface area (Å²) >= 11 is 0. The average molecular weight is 411 g/mol. The van der Waals surface area contributed by atoms with Crippen molar-refractivity contribution in [3.8, 4) is 5.69 Å². The minimum Gasteiger partial charge on any atom is -0.318 e. The van der Waals surface area contributed by atoms with Crippen LogP contribution < -0.4 is 10.9 Å². The van der Waals surface area contributed by atoms with Crippen molar-refractivity contribution in [1.82, 2.24) is 25.2 Å². The summed E-state index contributed by atoms with van der Waals surface area (Å²) in [7, 11) is 1.55. The third kappa shape index (κ3) is 4.35. The lowest BCUT2D eigenvalue weighted by molar-refractivity contribution is -0.126. The fourth-order valence-electron chi connectivity index (χ4n) is 3.51. The minimum absolute atomic E-state index is 0.0580. The Labute approximate surface area is 174 Å². The third-order valence-corrected chi connectivity index (χ3v) is 5.02. The second-order valence-electron chi connectivity index (χ2n) is 7.25. The molecule has 0 aliphatic carbocycles. The fourth-order valence-corrected chi connectivity index (χ4v) is 3.51. The Morgan fingerprint density at radius 2 is 1.77 bits per heavy atom. The summed E-state index contributed by atoms with van der Waals surface area (Å²) in [6.45, 7) is 3.98. The normalized spacial score (nSPS) is 13.7. The molecule has 1 aromatic carbocycles. The number of aryl methyl sites for hydroxylation is 1. The Morgan fingerprint density at radius 1 is 1.07 bits per heavy atom. The van der Waals surface area contributed by atoms with Crippen LogP contribution in [0.2, 0.25) is 0 Å². The molecule has 0 spiro atoms. The first-order valence-corrected chi connectivity index (χ1v) is 9.68. The number of nitrogens with one attached hydrogen (secondary N) is 2. The minimum atomic E-state index is -0.412. The van der Waals surface area contributed by atoms with Gasteiger partial charge in [0.05, 0.1) is 5.56 Å². The molecule has 1 saturated heterocycles. The number of nitrogens with zero attached hydrogens (tertiary/aromatic N) is 3. The van der Waals surface area contributed by atoms with Crippen LogP contribution in [0.5, 0.6) is 0 Å². The van der Waals surface area contributed by atoms with Crippen LogP contribution in [-0.2, 0) is 9.59 Å². The van der Waals surface area contributed by atoms with E-state index in [4.69, 9.17) is 0 Å². The first-order chi connectivity index (χ1) is 14.3. The Kier molecular flexibility index (Phi) is 6.20. The molecule has 0 atom stereocenters. The first kappa shape index (κ1) is 21.1. The van der Waals surface area contributed by atoms with E-state index in [2.05, 4.69) is 10.9 Å². The van der Waals surface area contributed by atoms with Crippen LogP contribution in [0.4, 0.5) is 4.79 Å². The Morgan fingerprint density at radius 3 is 2.40 bits per heavy atom. The van der Waals surface area contributed by atoms with E-state index in [0.29, 0.717) is 12.0 Å². The molecule has 5 amide bonds. The predicted molar refractivity (Wildman–Crippen MR) is 110 cm³/mol. The van der Waals surface area contributed by atoms with Crippen molar-refractivity contribution in [1.29, 1.82) is 0 Å². The molecule has 9 heteroatoms. The predicted octanol–water partition coefficient (Wildman–Crippen LogP) is 1.53. The molecule has 0 radical (unpaired) electrons. The number of hydrogen-bond acceptors (Lipinski definition) is 4. The number of imide groups is 1. The second-order valence-corrected chi connectivity index (χ2v) is 7.25. The van der Waals surface area contributed by atoms with Crippen LogP contribution in [0.15, 0.2) is 36.4 Å². The van der Waals surface area contributed by atoms with Crippen LogP contribution in [-0.4, -0.2) is 58.3 Å². The highest BCUT2D eigenvalue weighted by atomic mass is 16.2. The highest BCUT2D eigenvalue weighted by molar-refractivity contribution is 6.01. The molecule has 1 aliphatic heterocycles. The highest BCUT2D eigenvalue weighted by Gasteiger charge is 2.32. The van der Waals surface area contributed by atoms with E-state index < -0.39 is 11.8 Å². The maximum atomic E-state index is 12.5. The van der Waals surface area contributed by atoms with Crippen LogP contribution in [0.25, 0.3) is 5.69 Å². The number of urea groups is 1. The molecule has 0 bridgehead atoms. The van der Waals surface area contributed by atoms with Gasteiger partial charge in [0.1, 0.15) is 6.54 Å². The van der Waals surface area contributed by atoms with Crippen molar-refractivity contribution in [3.05, 3.63) is 53.3 Å². The van der Waals surface area contributed by atoms with Gasteiger partial charge in [-0.1, -0.05) is 18.2 Å². The number of amides is 5.